The van der Waals surface area contributed by atoms with Crippen LogP contribution >= 0.6 is 0 Å². The summed E-state index contributed by atoms with van der Waals surface area (Å²) < 4.78 is 0. The van der Waals surface area contributed by atoms with Gasteiger partial charge in [0.25, 0.3) is 0 Å². The molecule has 1 amide bonds. The fourth-order valence-corrected chi connectivity index (χ4v) is 3.88. The summed E-state index contributed by atoms with van der Waals surface area (Å²) in [7, 11) is 0. The highest BCUT2D eigenvalue weighted by Crippen LogP contribution is 2.26. The van der Waals surface area contributed by atoms with Crippen LogP contribution in [0.2, 0.25) is 0 Å². The van der Waals surface area contributed by atoms with Gasteiger partial charge in [-0.15, -0.1) is 0 Å². The van der Waals surface area contributed by atoms with E-state index in [1.807, 2.05) is 0 Å². The molecule has 116 valence electrons. The van der Waals surface area contributed by atoms with Crippen molar-refractivity contribution < 1.29 is 4.79 Å². The summed E-state index contributed by atoms with van der Waals surface area (Å²) in [6, 6.07) is 1.31. The number of nitrogens with one attached hydrogen (secondary N) is 2. The van der Waals surface area contributed by atoms with Gasteiger partial charge >= 0.3 is 0 Å². The van der Waals surface area contributed by atoms with E-state index in [1.54, 1.807) is 0 Å². The molecular weight excluding hydrogens is 250 g/mol. The van der Waals surface area contributed by atoms with Crippen LogP contribution in [0, 0.1) is 5.92 Å². The average Bonchev–Trinajstić information content (AvgIpc) is 2.78. The first-order valence-corrected chi connectivity index (χ1v) is 8.29. The zero-order chi connectivity index (χ0) is 14.7. The standard InChI is InChI=1S/C16H31N3O/c1-11-7-8-12(2)19(11)14(4)16(20)18-13(3)15-6-5-9-17-10-15/h11-15,17H,5-10H2,1-4H3,(H,18,20). The second-order valence-electron chi connectivity index (χ2n) is 6.80. The molecule has 0 aromatic heterocycles. The number of rotatable bonds is 4. The Morgan fingerprint density at radius 1 is 1.20 bits per heavy atom. The van der Waals surface area contributed by atoms with E-state index in [0.29, 0.717) is 18.0 Å². The fraction of sp³-hybridized carbons (Fsp3) is 0.938. The minimum Gasteiger partial charge on any atom is -0.352 e. The molecular formula is C16H31N3O. The normalized spacial score (nSPS) is 34.7. The predicted octanol–water partition coefficient (Wildman–Crippen LogP) is 1.75. The number of piperidine rings is 1. The largest absolute Gasteiger partial charge is 0.352 e. The van der Waals surface area contributed by atoms with Crippen LogP contribution in [0.4, 0.5) is 0 Å². The summed E-state index contributed by atoms with van der Waals surface area (Å²) in [5.41, 5.74) is 0. The van der Waals surface area contributed by atoms with E-state index in [0.717, 1.165) is 13.1 Å². The summed E-state index contributed by atoms with van der Waals surface area (Å²) in [5.74, 6) is 0.775. The van der Waals surface area contributed by atoms with Crippen molar-refractivity contribution in [1.82, 2.24) is 15.5 Å². The highest BCUT2D eigenvalue weighted by molar-refractivity contribution is 5.81. The number of hydrogen-bond donors (Lipinski definition) is 2. The second-order valence-corrected chi connectivity index (χ2v) is 6.80. The first kappa shape index (κ1) is 15.8. The average molecular weight is 281 g/mol. The third-order valence-electron chi connectivity index (χ3n) is 5.26. The van der Waals surface area contributed by atoms with Gasteiger partial charge in [0.15, 0.2) is 0 Å². The summed E-state index contributed by atoms with van der Waals surface area (Å²) in [6.07, 6.45) is 4.86. The van der Waals surface area contributed by atoms with Gasteiger partial charge in [0.05, 0.1) is 6.04 Å². The highest BCUT2D eigenvalue weighted by atomic mass is 16.2. The van der Waals surface area contributed by atoms with E-state index in [9.17, 15) is 4.79 Å². The molecule has 2 saturated heterocycles. The predicted molar refractivity (Wildman–Crippen MR) is 82.7 cm³/mol. The van der Waals surface area contributed by atoms with Crippen molar-refractivity contribution in [2.75, 3.05) is 13.1 Å². The van der Waals surface area contributed by atoms with Crippen LogP contribution in [0.15, 0.2) is 0 Å². The summed E-state index contributed by atoms with van der Waals surface area (Å²) in [6.45, 7) is 10.8. The topological polar surface area (TPSA) is 44.4 Å². The molecule has 0 aromatic carbocycles. The molecule has 0 saturated carbocycles. The molecule has 20 heavy (non-hydrogen) atoms. The molecule has 2 fully saturated rings. The first-order valence-electron chi connectivity index (χ1n) is 8.29. The first-order chi connectivity index (χ1) is 9.50. The SMILES string of the molecule is CC(NC(=O)C(C)N1C(C)CCC1C)C1CCCNC1. The van der Waals surface area contributed by atoms with Crippen LogP contribution < -0.4 is 10.6 Å². The maximum atomic E-state index is 12.5. The van der Waals surface area contributed by atoms with Crippen LogP contribution in [0.3, 0.4) is 0 Å². The van der Waals surface area contributed by atoms with Gasteiger partial charge in [0, 0.05) is 18.1 Å². The van der Waals surface area contributed by atoms with Crippen molar-refractivity contribution in [3.8, 4) is 0 Å². The van der Waals surface area contributed by atoms with E-state index in [1.165, 1.54) is 25.7 Å². The molecule has 5 unspecified atom stereocenters. The lowest BCUT2D eigenvalue weighted by Gasteiger charge is -2.34. The van der Waals surface area contributed by atoms with Crippen molar-refractivity contribution in [2.24, 2.45) is 5.92 Å². The van der Waals surface area contributed by atoms with Crippen LogP contribution in [-0.2, 0) is 4.79 Å². The Labute approximate surface area is 123 Å². The van der Waals surface area contributed by atoms with Crippen LogP contribution in [0.1, 0.15) is 53.4 Å². The van der Waals surface area contributed by atoms with Crippen molar-refractivity contribution in [3.05, 3.63) is 0 Å². The number of carbonyl (C=O) groups excluding carboxylic acids is 1. The number of nitrogens with zero attached hydrogens (tertiary/aromatic N) is 1. The van der Waals surface area contributed by atoms with Gasteiger partial charge in [-0.3, -0.25) is 9.69 Å². The van der Waals surface area contributed by atoms with E-state index in [-0.39, 0.29) is 18.0 Å². The molecule has 5 atom stereocenters. The van der Waals surface area contributed by atoms with Crippen molar-refractivity contribution in [2.45, 2.75) is 77.5 Å². The number of hydrogen-bond acceptors (Lipinski definition) is 3. The number of amides is 1. The summed E-state index contributed by atoms with van der Waals surface area (Å²) in [4.78, 5) is 14.9. The summed E-state index contributed by atoms with van der Waals surface area (Å²) >= 11 is 0. The third kappa shape index (κ3) is 3.53. The maximum absolute atomic E-state index is 12.5. The molecule has 2 rings (SSSR count). The number of likely N-dealkylation sites (tertiary alicyclic amines) is 1. The number of carbonyl (C=O) groups is 1. The van der Waals surface area contributed by atoms with Gasteiger partial charge in [0.2, 0.25) is 5.91 Å². The lowest BCUT2D eigenvalue weighted by atomic mass is 9.92. The molecule has 4 nitrogen and oxygen atoms in total. The summed E-state index contributed by atoms with van der Waals surface area (Å²) in [5, 5.41) is 6.67. The van der Waals surface area contributed by atoms with Gasteiger partial charge in [-0.25, -0.2) is 0 Å². The highest BCUT2D eigenvalue weighted by Gasteiger charge is 2.35. The molecule has 0 bridgehead atoms. The lowest BCUT2D eigenvalue weighted by Crippen LogP contribution is -2.53. The zero-order valence-corrected chi connectivity index (χ0v) is 13.5. The monoisotopic (exact) mass is 281 g/mol. The molecule has 2 aliphatic heterocycles. The van der Waals surface area contributed by atoms with Gasteiger partial charge in [-0.1, -0.05) is 0 Å². The smallest absolute Gasteiger partial charge is 0.237 e. The Morgan fingerprint density at radius 2 is 1.85 bits per heavy atom. The Bertz CT molecular complexity index is 318. The zero-order valence-electron chi connectivity index (χ0n) is 13.5. The van der Waals surface area contributed by atoms with E-state index in [4.69, 9.17) is 0 Å². The van der Waals surface area contributed by atoms with E-state index >= 15 is 0 Å². The Kier molecular flexibility index (Phi) is 5.44. The maximum Gasteiger partial charge on any atom is 0.237 e. The Balaban J connectivity index is 1.87. The van der Waals surface area contributed by atoms with Crippen molar-refractivity contribution >= 4 is 5.91 Å². The van der Waals surface area contributed by atoms with Gasteiger partial charge in [-0.05, 0) is 72.4 Å². The van der Waals surface area contributed by atoms with Gasteiger partial charge in [0.1, 0.15) is 0 Å². The fourth-order valence-electron chi connectivity index (χ4n) is 3.88. The van der Waals surface area contributed by atoms with Crippen LogP contribution in [-0.4, -0.2) is 48.1 Å². The van der Waals surface area contributed by atoms with E-state index < -0.39 is 0 Å². The van der Waals surface area contributed by atoms with Crippen molar-refractivity contribution in [1.29, 1.82) is 0 Å². The van der Waals surface area contributed by atoms with Gasteiger partial charge < -0.3 is 10.6 Å². The second kappa shape index (κ2) is 6.90. The van der Waals surface area contributed by atoms with Crippen LogP contribution in [0.25, 0.3) is 0 Å². The molecule has 2 N–H and O–H groups in total. The Hall–Kier alpha value is -0.610. The molecule has 0 aliphatic carbocycles. The molecule has 0 aromatic rings. The molecule has 0 spiro atoms. The van der Waals surface area contributed by atoms with Gasteiger partial charge in [-0.2, -0.15) is 0 Å². The minimum atomic E-state index is -0.0125. The molecule has 2 aliphatic rings. The quantitative estimate of drug-likeness (QED) is 0.825. The Morgan fingerprint density at radius 3 is 2.40 bits per heavy atom. The molecule has 2 heterocycles. The molecule has 0 radical (unpaired) electrons. The minimum absolute atomic E-state index is 0.0125. The third-order valence-corrected chi connectivity index (χ3v) is 5.26. The van der Waals surface area contributed by atoms with E-state index in [2.05, 4.69) is 43.2 Å². The molecule has 4 heteroatoms. The van der Waals surface area contributed by atoms with Crippen LogP contribution in [0.5, 0.6) is 0 Å². The lowest BCUT2D eigenvalue weighted by molar-refractivity contribution is -0.127. The van der Waals surface area contributed by atoms with Crippen molar-refractivity contribution in [3.63, 3.8) is 0 Å².